The SMILES string of the molecule is CC1(C)CC(=O)c2ccc(-c3cnc(-c4ccccc4)o3)nc2C1. The summed E-state index contributed by atoms with van der Waals surface area (Å²) in [6.45, 7) is 4.20. The van der Waals surface area contributed by atoms with Crippen LogP contribution in [0.3, 0.4) is 0 Å². The predicted octanol–water partition coefficient (Wildman–Crippen LogP) is 4.56. The lowest BCUT2D eigenvalue weighted by atomic mass is 9.75. The van der Waals surface area contributed by atoms with Gasteiger partial charge < -0.3 is 4.42 Å². The number of ketones is 1. The standard InChI is InChI=1S/C20H18N2O2/c1-20(2)10-16-14(17(23)11-20)8-9-15(22-16)18-12-21-19(24-18)13-6-4-3-5-7-13/h3-9,12H,10-11H2,1-2H3. The number of rotatable bonds is 2. The fourth-order valence-electron chi connectivity index (χ4n) is 3.18. The van der Waals surface area contributed by atoms with Gasteiger partial charge in [0.15, 0.2) is 11.5 Å². The topological polar surface area (TPSA) is 56.0 Å². The minimum Gasteiger partial charge on any atom is -0.434 e. The number of carbonyl (C=O) groups excluding carboxylic acids is 1. The smallest absolute Gasteiger partial charge is 0.226 e. The second-order valence-electron chi connectivity index (χ2n) is 7.03. The zero-order valence-electron chi connectivity index (χ0n) is 13.7. The minimum absolute atomic E-state index is 0.0493. The van der Waals surface area contributed by atoms with E-state index in [4.69, 9.17) is 4.42 Å². The zero-order valence-corrected chi connectivity index (χ0v) is 13.7. The van der Waals surface area contributed by atoms with Crippen molar-refractivity contribution < 1.29 is 9.21 Å². The van der Waals surface area contributed by atoms with E-state index >= 15 is 0 Å². The van der Waals surface area contributed by atoms with Gasteiger partial charge in [-0.15, -0.1) is 0 Å². The van der Waals surface area contributed by atoms with E-state index < -0.39 is 0 Å². The summed E-state index contributed by atoms with van der Waals surface area (Å²) >= 11 is 0. The first-order valence-electron chi connectivity index (χ1n) is 8.07. The van der Waals surface area contributed by atoms with Crippen LogP contribution in [0, 0.1) is 5.41 Å². The van der Waals surface area contributed by atoms with Gasteiger partial charge in [0.2, 0.25) is 5.89 Å². The number of pyridine rings is 1. The van der Waals surface area contributed by atoms with Gasteiger partial charge in [0.05, 0.1) is 11.9 Å². The molecule has 0 amide bonds. The number of hydrogen-bond acceptors (Lipinski definition) is 4. The van der Waals surface area contributed by atoms with Gasteiger partial charge in [-0.2, -0.15) is 0 Å². The number of Topliss-reactive ketones (excluding diaryl/α,β-unsaturated/α-hetero) is 1. The van der Waals surface area contributed by atoms with Crippen LogP contribution in [0.15, 0.2) is 53.1 Å². The van der Waals surface area contributed by atoms with E-state index in [9.17, 15) is 4.79 Å². The third kappa shape index (κ3) is 2.64. The molecule has 0 saturated carbocycles. The summed E-state index contributed by atoms with van der Waals surface area (Å²) in [7, 11) is 0. The summed E-state index contributed by atoms with van der Waals surface area (Å²) in [4.78, 5) is 21.3. The maximum absolute atomic E-state index is 12.3. The summed E-state index contributed by atoms with van der Waals surface area (Å²) < 4.78 is 5.87. The van der Waals surface area contributed by atoms with Gasteiger partial charge in [0.1, 0.15) is 5.69 Å². The van der Waals surface area contributed by atoms with E-state index in [1.54, 1.807) is 6.20 Å². The average molecular weight is 318 g/mol. The van der Waals surface area contributed by atoms with E-state index in [1.807, 2.05) is 42.5 Å². The molecule has 1 aliphatic rings. The lowest BCUT2D eigenvalue weighted by Gasteiger charge is -2.29. The van der Waals surface area contributed by atoms with E-state index in [2.05, 4.69) is 23.8 Å². The van der Waals surface area contributed by atoms with Gasteiger partial charge in [-0.05, 0) is 36.1 Å². The van der Waals surface area contributed by atoms with Crippen LogP contribution in [0.5, 0.6) is 0 Å². The van der Waals surface area contributed by atoms with Gasteiger partial charge in [-0.1, -0.05) is 32.0 Å². The summed E-state index contributed by atoms with van der Waals surface area (Å²) in [6.07, 6.45) is 3.05. The zero-order chi connectivity index (χ0) is 16.7. The molecule has 0 radical (unpaired) electrons. The Balaban J connectivity index is 1.71. The summed E-state index contributed by atoms with van der Waals surface area (Å²) in [5.41, 5.74) is 3.19. The quantitative estimate of drug-likeness (QED) is 0.695. The molecule has 0 unspecified atom stereocenters. The predicted molar refractivity (Wildman–Crippen MR) is 91.6 cm³/mol. The second-order valence-corrected chi connectivity index (χ2v) is 7.03. The maximum Gasteiger partial charge on any atom is 0.226 e. The first-order chi connectivity index (χ1) is 11.5. The highest BCUT2D eigenvalue weighted by Gasteiger charge is 2.32. The molecule has 0 aliphatic heterocycles. The van der Waals surface area contributed by atoms with Crippen molar-refractivity contribution in [3.05, 3.63) is 59.9 Å². The fraction of sp³-hybridized carbons (Fsp3) is 0.250. The third-order valence-corrected chi connectivity index (χ3v) is 4.34. The van der Waals surface area contributed by atoms with Crippen molar-refractivity contribution >= 4 is 5.78 Å². The molecule has 4 rings (SSSR count). The van der Waals surface area contributed by atoms with Crippen LogP contribution in [-0.2, 0) is 6.42 Å². The number of carbonyl (C=O) groups is 1. The summed E-state index contributed by atoms with van der Waals surface area (Å²) in [5.74, 6) is 1.36. The average Bonchev–Trinajstić information content (AvgIpc) is 3.04. The van der Waals surface area contributed by atoms with E-state index in [0.29, 0.717) is 23.8 Å². The van der Waals surface area contributed by atoms with Crippen molar-refractivity contribution in [2.24, 2.45) is 5.41 Å². The summed E-state index contributed by atoms with van der Waals surface area (Å²) in [6, 6.07) is 13.5. The van der Waals surface area contributed by atoms with E-state index in [0.717, 1.165) is 23.2 Å². The molecule has 0 atom stereocenters. The van der Waals surface area contributed by atoms with E-state index in [1.165, 1.54) is 0 Å². The molecule has 4 nitrogen and oxygen atoms in total. The Morgan fingerprint density at radius 1 is 1.04 bits per heavy atom. The number of nitrogens with zero attached hydrogens (tertiary/aromatic N) is 2. The Morgan fingerprint density at radius 2 is 1.83 bits per heavy atom. The Labute approximate surface area is 140 Å². The monoisotopic (exact) mass is 318 g/mol. The molecule has 3 aromatic rings. The van der Waals surface area contributed by atoms with Gasteiger partial charge >= 0.3 is 0 Å². The third-order valence-electron chi connectivity index (χ3n) is 4.34. The van der Waals surface area contributed by atoms with Gasteiger partial charge in [0.25, 0.3) is 0 Å². The number of fused-ring (bicyclic) bond motifs is 1. The molecular weight excluding hydrogens is 300 g/mol. The van der Waals surface area contributed by atoms with Crippen molar-refractivity contribution in [1.29, 1.82) is 0 Å². The molecule has 0 spiro atoms. The Bertz CT molecular complexity index is 910. The molecule has 0 N–H and O–H groups in total. The maximum atomic E-state index is 12.3. The highest BCUT2D eigenvalue weighted by Crippen LogP contribution is 2.35. The molecule has 1 aromatic carbocycles. The van der Waals surface area contributed by atoms with Crippen LogP contribution in [0.1, 0.15) is 36.3 Å². The van der Waals surface area contributed by atoms with Crippen LogP contribution in [0.4, 0.5) is 0 Å². The van der Waals surface area contributed by atoms with Crippen LogP contribution >= 0.6 is 0 Å². The van der Waals surface area contributed by atoms with Crippen LogP contribution < -0.4 is 0 Å². The molecular formula is C20H18N2O2. The number of aromatic nitrogens is 2. The largest absolute Gasteiger partial charge is 0.434 e. The minimum atomic E-state index is -0.0493. The molecule has 24 heavy (non-hydrogen) atoms. The van der Waals surface area contributed by atoms with Gasteiger partial charge in [-0.25, -0.2) is 9.97 Å². The van der Waals surface area contributed by atoms with Crippen LogP contribution in [-0.4, -0.2) is 15.8 Å². The van der Waals surface area contributed by atoms with E-state index in [-0.39, 0.29) is 11.2 Å². The first kappa shape index (κ1) is 14.8. The molecule has 1 aliphatic carbocycles. The van der Waals surface area contributed by atoms with Gasteiger partial charge in [0, 0.05) is 17.5 Å². The second kappa shape index (κ2) is 5.41. The van der Waals surface area contributed by atoms with Crippen molar-refractivity contribution in [2.45, 2.75) is 26.7 Å². The summed E-state index contributed by atoms with van der Waals surface area (Å²) in [5, 5.41) is 0. The first-order valence-corrected chi connectivity index (χ1v) is 8.07. The molecule has 2 aromatic heterocycles. The van der Waals surface area contributed by atoms with Gasteiger partial charge in [-0.3, -0.25) is 4.79 Å². The molecule has 4 heteroatoms. The molecule has 0 fully saturated rings. The lowest BCUT2D eigenvalue weighted by molar-refractivity contribution is 0.0910. The molecule has 0 saturated heterocycles. The number of oxazole rings is 1. The highest BCUT2D eigenvalue weighted by molar-refractivity contribution is 5.98. The van der Waals surface area contributed by atoms with Crippen molar-refractivity contribution in [2.75, 3.05) is 0 Å². The van der Waals surface area contributed by atoms with Crippen molar-refractivity contribution in [1.82, 2.24) is 9.97 Å². The molecule has 0 bridgehead atoms. The Kier molecular flexibility index (Phi) is 3.34. The van der Waals surface area contributed by atoms with Crippen molar-refractivity contribution in [3.8, 4) is 22.9 Å². The molecule has 2 heterocycles. The van der Waals surface area contributed by atoms with Crippen LogP contribution in [0.2, 0.25) is 0 Å². The Hall–Kier alpha value is -2.75. The lowest BCUT2D eigenvalue weighted by Crippen LogP contribution is -2.27. The number of hydrogen-bond donors (Lipinski definition) is 0. The fourth-order valence-corrected chi connectivity index (χ4v) is 3.18. The molecule has 120 valence electrons. The Morgan fingerprint density at radius 3 is 2.62 bits per heavy atom. The highest BCUT2D eigenvalue weighted by atomic mass is 16.4. The van der Waals surface area contributed by atoms with Crippen molar-refractivity contribution in [3.63, 3.8) is 0 Å². The number of benzene rings is 1. The van der Waals surface area contributed by atoms with Crippen LogP contribution in [0.25, 0.3) is 22.9 Å². The normalized spacial score (nSPS) is 16.0.